The molecule has 0 aliphatic rings. The van der Waals surface area contributed by atoms with Crippen LogP contribution < -0.4 is 4.72 Å². The lowest BCUT2D eigenvalue weighted by atomic mass is 10.2. The van der Waals surface area contributed by atoms with E-state index in [0.717, 1.165) is 6.42 Å². The van der Waals surface area contributed by atoms with Gasteiger partial charge in [0.25, 0.3) is 0 Å². The predicted molar refractivity (Wildman–Crippen MR) is 36.3 cm³/mol. The molecular weight excluding hydrogens is 138 g/mol. The Balaban J connectivity index is 3.55. The molecule has 2 unspecified atom stereocenters. The third-order valence-corrected chi connectivity index (χ3v) is 1.47. The van der Waals surface area contributed by atoms with E-state index in [1.807, 2.05) is 6.92 Å². The summed E-state index contributed by atoms with van der Waals surface area (Å²) >= 11 is -2.17. The Bertz CT molecular complexity index is 116. The maximum Gasteiger partial charge on any atom is 0.0359 e. The molecule has 0 amide bonds. The minimum atomic E-state index is -2.17. The summed E-state index contributed by atoms with van der Waals surface area (Å²) in [7, 11) is 0. The Hall–Kier alpha value is -0.190. The Morgan fingerprint density at radius 3 is 2.67 bits per heavy atom. The van der Waals surface area contributed by atoms with Crippen LogP contribution in [-0.4, -0.2) is 14.8 Å². The molecule has 3 nitrogen and oxygen atoms in total. The molecular formula is C5H10NO2S-. The summed E-state index contributed by atoms with van der Waals surface area (Å²) in [6.45, 7) is 5.33. The highest BCUT2D eigenvalue weighted by Gasteiger charge is 1.96. The summed E-state index contributed by atoms with van der Waals surface area (Å²) in [6.07, 6.45) is 2.30. The average molecular weight is 148 g/mol. The van der Waals surface area contributed by atoms with Crippen molar-refractivity contribution in [1.82, 2.24) is 4.72 Å². The van der Waals surface area contributed by atoms with E-state index in [2.05, 4.69) is 11.3 Å². The van der Waals surface area contributed by atoms with Gasteiger partial charge in [-0.2, -0.15) is 0 Å². The van der Waals surface area contributed by atoms with E-state index in [1.54, 1.807) is 6.08 Å². The Kier molecular flexibility index (Phi) is 4.57. The smallest absolute Gasteiger partial charge is 0.0359 e. The van der Waals surface area contributed by atoms with Crippen molar-refractivity contribution in [1.29, 1.82) is 0 Å². The van der Waals surface area contributed by atoms with Crippen LogP contribution in [0.1, 0.15) is 13.3 Å². The molecule has 0 rings (SSSR count). The first-order chi connectivity index (χ1) is 4.20. The van der Waals surface area contributed by atoms with Crippen molar-refractivity contribution >= 4 is 11.3 Å². The van der Waals surface area contributed by atoms with Crippen molar-refractivity contribution in [3.63, 3.8) is 0 Å². The maximum atomic E-state index is 9.97. The van der Waals surface area contributed by atoms with Crippen LogP contribution in [0.25, 0.3) is 0 Å². The minimum absolute atomic E-state index is 0.122. The molecule has 0 fully saturated rings. The van der Waals surface area contributed by atoms with Gasteiger partial charge in [-0.05, 0) is 6.42 Å². The molecule has 0 radical (unpaired) electrons. The highest BCUT2D eigenvalue weighted by atomic mass is 32.2. The largest absolute Gasteiger partial charge is 0.760 e. The first-order valence-electron chi connectivity index (χ1n) is 2.68. The van der Waals surface area contributed by atoms with Crippen LogP contribution in [0.5, 0.6) is 0 Å². The van der Waals surface area contributed by atoms with Crippen molar-refractivity contribution in [2.24, 2.45) is 0 Å². The molecule has 0 spiro atoms. The van der Waals surface area contributed by atoms with Crippen LogP contribution in [0.2, 0.25) is 0 Å². The summed E-state index contributed by atoms with van der Waals surface area (Å²) in [5.74, 6) is 0. The van der Waals surface area contributed by atoms with Crippen molar-refractivity contribution in [3.8, 4) is 0 Å². The molecule has 1 N–H and O–H groups in total. The van der Waals surface area contributed by atoms with Crippen LogP contribution >= 0.6 is 0 Å². The van der Waals surface area contributed by atoms with Gasteiger partial charge in [0.1, 0.15) is 0 Å². The second kappa shape index (κ2) is 4.67. The van der Waals surface area contributed by atoms with Gasteiger partial charge in [-0.3, -0.25) is 4.21 Å². The summed E-state index contributed by atoms with van der Waals surface area (Å²) in [4.78, 5) is 0. The first kappa shape index (κ1) is 8.81. The topological polar surface area (TPSA) is 52.2 Å². The summed E-state index contributed by atoms with van der Waals surface area (Å²) in [5.41, 5.74) is 0. The molecule has 0 heterocycles. The van der Waals surface area contributed by atoms with Gasteiger partial charge in [0, 0.05) is 17.3 Å². The predicted octanol–water partition coefficient (Wildman–Crippen LogP) is 0.335. The van der Waals surface area contributed by atoms with E-state index in [4.69, 9.17) is 0 Å². The highest BCUT2D eigenvalue weighted by molar-refractivity contribution is 7.77. The molecule has 9 heavy (non-hydrogen) atoms. The zero-order chi connectivity index (χ0) is 7.28. The lowest BCUT2D eigenvalue weighted by Gasteiger charge is -2.13. The highest BCUT2D eigenvalue weighted by Crippen LogP contribution is 1.90. The lowest BCUT2D eigenvalue weighted by Crippen LogP contribution is -2.27. The number of hydrogen-bond donors (Lipinski definition) is 1. The minimum Gasteiger partial charge on any atom is -0.760 e. The van der Waals surface area contributed by atoms with E-state index in [-0.39, 0.29) is 6.04 Å². The molecule has 0 aromatic rings. The van der Waals surface area contributed by atoms with Gasteiger partial charge in [-0.1, -0.05) is 13.0 Å². The van der Waals surface area contributed by atoms with Crippen LogP contribution in [0.3, 0.4) is 0 Å². The van der Waals surface area contributed by atoms with Gasteiger partial charge in [0.2, 0.25) is 0 Å². The normalized spacial score (nSPS) is 16.7. The number of hydrogen-bond acceptors (Lipinski definition) is 2. The molecule has 54 valence electrons. The zero-order valence-electron chi connectivity index (χ0n) is 5.29. The van der Waals surface area contributed by atoms with Gasteiger partial charge < -0.3 is 4.55 Å². The molecule has 0 saturated heterocycles. The van der Waals surface area contributed by atoms with E-state index in [9.17, 15) is 8.76 Å². The molecule has 4 heteroatoms. The van der Waals surface area contributed by atoms with Gasteiger partial charge in [0.05, 0.1) is 0 Å². The summed E-state index contributed by atoms with van der Waals surface area (Å²) in [5, 5.41) is 0. The standard InChI is InChI=1S/C5H11NO2S/c1-3-5(4-2)6-9(7)8/h3,5-6H,1,4H2,2H3,(H,7,8)/p-1. The van der Waals surface area contributed by atoms with E-state index in [1.165, 1.54) is 0 Å². The maximum absolute atomic E-state index is 9.97. The lowest BCUT2D eigenvalue weighted by molar-refractivity contribution is 0.513. The SMILES string of the molecule is C=CC(CC)NS(=O)[O-]. The molecule has 0 aromatic carbocycles. The zero-order valence-corrected chi connectivity index (χ0v) is 6.11. The third kappa shape index (κ3) is 4.32. The van der Waals surface area contributed by atoms with Crippen molar-refractivity contribution in [3.05, 3.63) is 12.7 Å². The van der Waals surface area contributed by atoms with Crippen LogP contribution in [-0.2, 0) is 11.3 Å². The fourth-order valence-electron chi connectivity index (χ4n) is 0.422. The number of rotatable bonds is 4. The molecule has 0 aliphatic heterocycles. The molecule has 0 saturated carbocycles. The van der Waals surface area contributed by atoms with Crippen molar-refractivity contribution in [2.75, 3.05) is 0 Å². The van der Waals surface area contributed by atoms with Crippen LogP contribution in [0.4, 0.5) is 0 Å². The molecule has 0 aromatic heterocycles. The van der Waals surface area contributed by atoms with Crippen LogP contribution in [0.15, 0.2) is 12.7 Å². The van der Waals surface area contributed by atoms with Crippen molar-refractivity contribution < 1.29 is 8.76 Å². The fourth-order valence-corrected chi connectivity index (χ4v) is 0.932. The van der Waals surface area contributed by atoms with Crippen LogP contribution in [0, 0.1) is 0 Å². The van der Waals surface area contributed by atoms with E-state index < -0.39 is 11.3 Å². The molecule has 0 bridgehead atoms. The Morgan fingerprint density at radius 1 is 2.00 bits per heavy atom. The van der Waals surface area contributed by atoms with Gasteiger partial charge in [-0.15, -0.1) is 6.58 Å². The monoisotopic (exact) mass is 148 g/mol. The summed E-state index contributed by atoms with van der Waals surface area (Å²) < 4.78 is 22.2. The van der Waals surface area contributed by atoms with Gasteiger partial charge in [0.15, 0.2) is 0 Å². The summed E-state index contributed by atoms with van der Waals surface area (Å²) in [6, 6.07) is -0.122. The quantitative estimate of drug-likeness (QED) is 0.461. The molecule has 0 aliphatic carbocycles. The van der Waals surface area contributed by atoms with Gasteiger partial charge >= 0.3 is 0 Å². The average Bonchev–Trinajstić information content (AvgIpc) is 1.82. The number of nitrogens with one attached hydrogen (secondary N) is 1. The fraction of sp³-hybridized carbons (Fsp3) is 0.600. The van der Waals surface area contributed by atoms with E-state index >= 15 is 0 Å². The Morgan fingerprint density at radius 2 is 2.56 bits per heavy atom. The second-order valence-corrected chi connectivity index (χ2v) is 2.31. The van der Waals surface area contributed by atoms with Crippen molar-refractivity contribution in [2.45, 2.75) is 19.4 Å². The third-order valence-electron chi connectivity index (χ3n) is 0.972. The van der Waals surface area contributed by atoms with Gasteiger partial charge in [-0.25, -0.2) is 4.72 Å². The van der Waals surface area contributed by atoms with E-state index in [0.29, 0.717) is 0 Å². The Labute approximate surface area is 57.6 Å². The first-order valence-corrected chi connectivity index (χ1v) is 3.76. The molecule has 2 atom stereocenters. The second-order valence-electron chi connectivity index (χ2n) is 1.60.